The first-order chi connectivity index (χ1) is 7.72. The molecule has 0 amide bonds. The number of amidine groups is 1. The molecule has 0 radical (unpaired) electrons. The van der Waals surface area contributed by atoms with E-state index in [1.807, 2.05) is 0 Å². The number of oxime groups is 1. The third-order valence-corrected chi connectivity index (χ3v) is 3.68. The standard InChI is InChI=1S/C12H25N3O/c1-3-10(4-2)15(9-12(13)14-16)11-7-5-6-8-11/h10-11,16H,3-9H2,1-2H3,(H2,13,14). The second kappa shape index (κ2) is 6.74. The monoisotopic (exact) mass is 227 g/mol. The van der Waals surface area contributed by atoms with E-state index in [4.69, 9.17) is 10.9 Å². The van der Waals surface area contributed by atoms with Crippen molar-refractivity contribution in [2.45, 2.75) is 64.5 Å². The highest BCUT2D eigenvalue weighted by Gasteiger charge is 2.27. The van der Waals surface area contributed by atoms with Gasteiger partial charge >= 0.3 is 0 Å². The summed E-state index contributed by atoms with van der Waals surface area (Å²) in [5, 5.41) is 11.8. The molecular weight excluding hydrogens is 202 g/mol. The van der Waals surface area contributed by atoms with Crippen molar-refractivity contribution in [1.29, 1.82) is 0 Å². The van der Waals surface area contributed by atoms with Crippen LogP contribution in [-0.2, 0) is 0 Å². The summed E-state index contributed by atoms with van der Waals surface area (Å²) in [7, 11) is 0. The highest BCUT2D eigenvalue weighted by molar-refractivity contribution is 5.81. The first kappa shape index (κ1) is 13.3. The minimum Gasteiger partial charge on any atom is -0.409 e. The Morgan fingerprint density at radius 2 is 1.94 bits per heavy atom. The van der Waals surface area contributed by atoms with E-state index in [0.29, 0.717) is 24.5 Å². The molecular formula is C12H25N3O. The summed E-state index contributed by atoms with van der Waals surface area (Å²) in [6.07, 6.45) is 7.41. The van der Waals surface area contributed by atoms with E-state index >= 15 is 0 Å². The maximum atomic E-state index is 8.69. The zero-order chi connectivity index (χ0) is 12.0. The highest BCUT2D eigenvalue weighted by atomic mass is 16.4. The van der Waals surface area contributed by atoms with E-state index in [9.17, 15) is 0 Å². The molecule has 4 nitrogen and oxygen atoms in total. The third-order valence-electron chi connectivity index (χ3n) is 3.68. The van der Waals surface area contributed by atoms with Crippen LogP contribution in [0.25, 0.3) is 0 Å². The molecule has 0 heterocycles. The van der Waals surface area contributed by atoms with Crippen molar-refractivity contribution in [2.75, 3.05) is 6.54 Å². The summed E-state index contributed by atoms with van der Waals surface area (Å²) in [5.74, 6) is 0.332. The predicted octanol–water partition coefficient (Wildman–Crippen LogP) is 2.17. The van der Waals surface area contributed by atoms with E-state index in [-0.39, 0.29) is 0 Å². The largest absolute Gasteiger partial charge is 0.409 e. The van der Waals surface area contributed by atoms with Gasteiger partial charge in [0, 0.05) is 12.1 Å². The van der Waals surface area contributed by atoms with Gasteiger partial charge in [0.25, 0.3) is 0 Å². The third kappa shape index (κ3) is 3.37. The molecule has 0 saturated heterocycles. The Morgan fingerprint density at radius 1 is 1.38 bits per heavy atom. The molecule has 4 heteroatoms. The summed E-state index contributed by atoms with van der Waals surface area (Å²) >= 11 is 0. The lowest BCUT2D eigenvalue weighted by molar-refractivity contribution is 0.148. The van der Waals surface area contributed by atoms with Gasteiger partial charge < -0.3 is 10.9 Å². The molecule has 16 heavy (non-hydrogen) atoms. The van der Waals surface area contributed by atoms with Crippen LogP contribution in [0.2, 0.25) is 0 Å². The van der Waals surface area contributed by atoms with E-state index < -0.39 is 0 Å². The Labute approximate surface area is 98.5 Å². The lowest BCUT2D eigenvalue weighted by Gasteiger charge is -2.35. The normalized spacial score (nSPS) is 18.9. The van der Waals surface area contributed by atoms with Gasteiger partial charge in [-0.05, 0) is 25.7 Å². The minimum absolute atomic E-state index is 0.332. The van der Waals surface area contributed by atoms with Gasteiger partial charge in [-0.25, -0.2) is 0 Å². The van der Waals surface area contributed by atoms with Gasteiger partial charge in [0.2, 0.25) is 0 Å². The Balaban J connectivity index is 2.66. The van der Waals surface area contributed by atoms with Crippen LogP contribution >= 0.6 is 0 Å². The van der Waals surface area contributed by atoms with Gasteiger partial charge in [0.1, 0.15) is 0 Å². The van der Waals surface area contributed by atoms with Crippen LogP contribution in [0.4, 0.5) is 0 Å². The Morgan fingerprint density at radius 3 is 2.38 bits per heavy atom. The molecule has 1 saturated carbocycles. The van der Waals surface area contributed by atoms with Gasteiger partial charge in [-0.3, -0.25) is 4.90 Å². The molecule has 3 N–H and O–H groups in total. The van der Waals surface area contributed by atoms with Crippen molar-refractivity contribution < 1.29 is 5.21 Å². The number of hydrogen-bond donors (Lipinski definition) is 2. The molecule has 0 bridgehead atoms. The molecule has 1 rings (SSSR count). The highest BCUT2D eigenvalue weighted by Crippen LogP contribution is 2.26. The fourth-order valence-electron chi connectivity index (χ4n) is 2.77. The number of hydrogen-bond acceptors (Lipinski definition) is 3. The van der Waals surface area contributed by atoms with Crippen molar-refractivity contribution in [1.82, 2.24) is 4.90 Å². The molecule has 1 fully saturated rings. The van der Waals surface area contributed by atoms with E-state index in [2.05, 4.69) is 23.9 Å². The summed E-state index contributed by atoms with van der Waals surface area (Å²) in [4.78, 5) is 2.43. The Hall–Kier alpha value is -0.770. The summed E-state index contributed by atoms with van der Waals surface area (Å²) in [6, 6.07) is 1.19. The van der Waals surface area contributed by atoms with Crippen LogP contribution in [0.15, 0.2) is 5.16 Å². The van der Waals surface area contributed by atoms with E-state index in [1.54, 1.807) is 0 Å². The van der Waals surface area contributed by atoms with Gasteiger partial charge in [-0.15, -0.1) is 0 Å². The second-order valence-corrected chi connectivity index (χ2v) is 4.67. The van der Waals surface area contributed by atoms with Crippen molar-refractivity contribution in [3.63, 3.8) is 0 Å². The molecule has 0 spiro atoms. The van der Waals surface area contributed by atoms with Gasteiger partial charge in [0.05, 0.1) is 6.54 Å². The topological polar surface area (TPSA) is 61.8 Å². The fourth-order valence-corrected chi connectivity index (χ4v) is 2.77. The minimum atomic E-state index is 0.332. The fraction of sp³-hybridized carbons (Fsp3) is 0.917. The van der Waals surface area contributed by atoms with Crippen LogP contribution in [0.1, 0.15) is 52.4 Å². The molecule has 94 valence electrons. The average molecular weight is 227 g/mol. The van der Waals surface area contributed by atoms with E-state index in [1.165, 1.54) is 25.7 Å². The predicted molar refractivity (Wildman–Crippen MR) is 66.7 cm³/mol. The molecule has 1 aliphatic carbocycles. The molecule has 0 aromatic rings. The SMILES string of the molecule is CCC(CC)N(CC(N)=NO)C1CCCC1. The molecule has 0 atom stereocenters. The molecule has 0 aliphatic heterocycles. The van der Waals surface area contributed by atoms with Crippen molar-refractivity contribution >= 4 is 5.84 Å². The summed E-state index contributed by atoms with van der Waals surface area (Å²) in [6.45, 7) is 5.03. The number of nitrogens with two attached hydrogens (primary N) is 1. The first-order valence-corrected chi connectivity index (χ1v) is 6.45. The van der Waals surface area contributed by atoms with Crippen LogP contribution in [0.3, 0.4) is 0 Å². The molecule has 0 aromatic heterocycles. The van der Waals surface area contributed by atoms with Gasteiger partial charge in [-0.1, -0.05) is 31.8 Å². The summed E-state index contributed by atoms with van der Waals surface area (Å²) < 4.78 is 0. The maximum Gasteiger partial charge on any atom is 0.153 e. The Kier molecular flexibility index (Phi) is 5.60. The zero-order valence-corrected chi connectivity index (χ0v) is 10.5. The zero-order valence-electron chi connectivity index (χ0n) is 10.5. The summed E-state index contributed by atoms with van der Waals surface area (Å²) in [5.41, 5.74) is 5.65. The maximum absolute atomic E-state index is 8.69. The number of nitrogens with zero attached hydrogens (tertiary/aromatic N) is 2. The van der Waals surface area contributed by atoms with Crippen LogP contribution in [0, 0.1) is 0 Å². The van der Waals surface area contributed by atoms with E-state index in [0.717, 1.165) is 12.8 Å². The van der Waals surface area contributed by atoms with Crippen LogP contribution < -0.4 is 5.73 Å². The molecule has 0 unspecified atom stereocenters. The van der Waals surface area contributed by atoms with Gasteiger partial charge in [-0.2, -0.15) is 0 Å². The molecule has 1 aliphatic rings. The number of rotatable bonds is 6. The quantitative estimate of drug-likeness (QED) is 0.316. The van der Waals surface area contributed by atoms with Crippen LogP contribution in [0.5, 0.6) is 0 Å². The average Bonchev–Trinajstić information content (AvgIpc) is 2.82. The van der Waals surface area contributed by atoms with Crippen molar-refractivity contribution in [3.05, 3.63) is 0 Å². The van der Waals surface area contributed by atoms with Gasteiger partial charge in [0.15, 0.2) is 5.84 Å². The van der Waals surface area contributed by atoms with Crippen molar-refractivity contribution in [3.8, 4) is 0 Å². The second-order valence-electron chi connectivity index (χ2n) is 4.67. The Bertz CT molecular complexity index is 218. The lowest BCUT2D eigenvalue weighted by Crippen LogP contribution is -2.46. The first-order valence-electron chi connectivity index (χ1n) is 6.45. The smallest absolute Gasteiger partial charge is 0.153 e. The lowest BCUT2D eigenvalue weighted by atomic mass is 10.1. The van der Waals surface area contributed by atoms with Crippen molar-refractivity contribution in [2.24, 2.45) is 10.9 Å². The van der Waals surface area contributed by atoms with Crippen LogP contribution in [-0.4, -0.2) is 34.6 Å². The molecule has 0 aromatic carbocycles.